The number of morpholine rings is 1. The highest BCUT2D eigenvalue weighted by atomic mass is 28.4. The van der Waals surface area contributed by atoms with Gasteiger partial charge in [0.2, 0.25) is 11.8 Å². The van der Waals surface area contributed by atoms with Crippen LogP contribution in [0.25, 0.3) is 11.1 Å². The van der Waals surface area contributed by atoms with Gasteiger partial charge in [-0.1, -0.05) is 109 Å². The smallest absolute Gasteiger partial charge is 0.407 e. The minimum absolute atomic E-state index is 0.0173. The predicted molar refractivity (Wildman–Crippen MR) is 234 cm³/mol. The molecule has 1 aliphatic heterocycles. The standard InChI is InChI=1S/C45H71N5O8Si/c1-12-13-15-24-37(51)49-45(29-34-22-18-19-23-36(34)33-20-16-14-17-21-33,35(30-46-42(55)58-43(4,5)6)31-57-59(10,11)44(7,8)9)40(53)47-38(32(2)3)39(52)48-41(54)50-25-27-56-28-26-50/h14,16-23,32,35,38H,12-13,15,24-31H2,1-11H3,(H,46,55)(H,47,53)(H,49,51)(H,48,52,54). The molecule has 328 valence electrons. The Labute approximate surface area is 353 Å². The topological polar surface area (TPSA) is 164 Å². The molecule has 1 aliphatic rings. The number of amides is 6. The van der Waals surface area contributed by atoms with E-state index >= 15 is 4.79 Å². The largest absolute Gasteiger partial charge is 0.444 e. The van der Waals surface area contributed by atoms with Gasteiger partial charge in [-0.3, -0.25) is 19.7 Å². The first-order valence-corrected chi connectivity index (χ1v) is 24.0. The Bertz CT molecular complexity index is 1700. The summed E-state index contributed by atoms with van der Waals surface area (Å²) in [5.41, 5.74) is -0.0831. The van der Waals surface area contributed by atoms with E-state index < -0.39 is 61.3 Å². The molecular weight excluding hydrogens is 767 g/mol. The predicted octanol–water partition coefficient (Wildman–Crippen LogP) is 7.20. The van der Waals surface area contributed by atoms with Gasteiger partial charge in [-0.25, -0.2) is 9.59 Å². The lowest BCUT2D eigenvalue weighted by Gasteiger charge is -2.44. The van der Waals surface area contributed by atoms with Crippen LogP contribution in [0.2, 0.25) is 18.1 Å². The van der Waals surface area contributed by atoms with Crippen LogP contribution >= 0.6 is 0 Å². The molecule has 3 atom stereocenters. The van der Waals surface area contributed by atoms with Crippen LogP contribution in [0.5, 0.6) is 0 Å². The van der Waals surface area contributed by atoms with Gasteiger partial charge in [-0.15, -0.1) is 0 Å². The van der Waals surface area contributed by atoms with Crippen LogP contribution < -0.4 is 21.3 Å². The maximum atomic E-state index is 15.6. The fourth-order valence-electron chi connectivity index (χ4n) is 6.59. The molecule has 0 saturated carbocycles. The first kappa shape index (κ1) is 49.1. The fraction of sp³-hybridized carbons (Fsp3) is 0.622. The molecule has 0 aliphatic carbocycles. The number of carbonyl (C=O) groups is 5. The summed E-state index contributed by atoms with van der Waals surface area (Å²) in [6.07, 6.45) is 1.74. The third-order valence-corrected chi connectivity index (χ3v) is 15.7. The molecule has 1 heterocycles. The van der Waals surface area contributed by atoms with E-state index in [2.05, 4.69) is 55.1 Å². The molecule has 0 bridgehead atoms. The van der Waals surface area contributed by atoms with E-state index in [9.17, 15) is 19.2 Å². The zero-order valence-corrected chi connectivity index (χ0v) is 38.4. The molecule has 4 N–H and O–H groups in total. The number of ether oxygens (including phenoxy) is 2. The number of hydrogen-bond acceptors (Lipinski definition) is 8. The normalized spacial score (nSPS) is 15.7. The summed E-state index contributed by atoms with van der Waals surface area (Å²) in [7, 11) is -2.50. The molecule has 2 aromatic carbocycles. The van der Waals surface area contributed by atoms with Crippen molar-refractivity contribution in [3.63, 3.8) is 0 Å². The number of hydrogen-bond donors (Lipinski definition) is 4. The van der Waals surface area contributed by atoms with Crippen molar-refractivity contribution in [3.8, 4) is 11.1 Å². The lowest BCUT2D eigenvalue weighted by atomic mass is 9.76. The van der Waals surface area contributed by atoms with Gasteiger partial charge < -0.3 is 34.8 Å². The Balaban J connectivity index is 2.28. The zero-order chi connectivity index (χ0) is 44.0. The number of unbranched alkanes of at least 4 members (excludes halogenated alkanes) is 2. The Kier molecular flexibility index (Phi) is 18.2. The fourth-order valence-corrected chi connectivity index (χ4v) is 7.64. The molecule has 0 aromatic heterocycles. The average Bonchev–Trinajstić information content (AvgIpc) is 3.16. The van der Waals surface area contributed by atoms with Gasteiger partial charge in [0, 0.05) is 45.0 Å². The number of nitrogens with zero attached hydrogens (tertiary/aromatic N) is 1. The van der Waals surface area contributed by atoms with Gasteiger partial charge in [-0.2, -0.15) is 0 Å². The third-order valence-electron chi connectivity index (χ3n) is 11.2. The number of imide groups is 1. The number of rotatable bonds is 18. The van der Waals surface area contributed by atoms with Gasteiger partial charge in [0.25, 0.3) is 5.91 Å². The molecule has 0 radical (unpaired) electrons. The third kappa shape index (κ3) is 14.7. The Morgan fingerprint density at radius 1 is 0.881 bits per heavy atom. The average molecular weight is 838 g/mol. The minimum Gasteiger partial charge on any atom is -0.444 e. The molecular formula is C45H71N5O8Si. The monoisotopic (exact) mass is 838 g/mol. The quantitative estimate of drug-likeness (QED) is 0.0905. The van der Waals surface area contributed by atoms with E-state index in [-0.39, 0.29) is 36.9 Å². The zero-order valence-electron chi connectivity index (χ0n) is 37.4. The SMILES string of the molecule is CCCCCC(=O)NC(Cc1ccccc1-c1ccccc1)(C(=O)NC(C(=O)NC(=O)N1CCOCC1)C(C)C)C(CNC(=O)OC(C)(C)C)CO[Si](C)(C)C(C)(C)C. The lowest BCUT2D eigenvalue weighted by Crippen LogP contribution is -2.69. The second kappa shape index (κ2) is 21.8. The van der Waals surface area contributed by atoms with Crippen LogP contribution in [0.1, 0.15) is 93.6 Å². The van der Waals surface area contributed by atoms with Gasteiger partial charge in [0.05, 0.1) is 13.2 Å². The second-order valence-corrected chi connectivity index (χ2v) is 23.2. The minimum atomic E-state index is -2.50. The number of benzene rings is 2. The van der Waals surface area contributed by atoms with Crippen molar-refractivity contribution in [1.82, 2.24) is 26.2 Å². The summed E-state index contributed by atoms with van der Waals surface area (Å²) in [5.74, 6) is -3.03. The Morgan fingerprint density at radius 2 is 1.51 bits per heavy atom. The summed E-state index contributed by atoms with van der Waals surface area (Å²) in [4.78, 5) is 72.0. The number of alkyl carbamates (subject to hydrolysis) is 1. The number of nitrogens with one attached hydrogen (secondary N) is 4. The summed E-state index contributed by atoms with van der Waals surface area (Å²) in [6.45, 7) is 22.7. The molecule has 13 nitrogen and oxygen atoms in total. The maximum Gasteiger partial charge on any atom is 0.407 e. The molecule has 2 aromatic rings. The summed E-state index contributed by atoms with van der Waals surface area (Å²) >= 11 is 0. The Hall–Kier alpha value is -4.27. The van der Waals surface area contributed by atoms with Crippen molar-refractivity contribution in [3.05, 3.63) is 60.2 Å². The van der Waals surface area contributed by atoms with Crippen molar-refractivity contribution in [2.75, 3.05) is 39.5 Å². The van der Waals surface area contributed by atoms with E-state index in [1.54, 1.807) is 34.6 Å². The molecule has 1 saturated heterocycles. The highest BCUT2D eigenvalue weighted by Gasteiger charge is 2.50. The van der Waals surface area contributed by atoms with Crippen molar-refractivity contribution in [2.45, 2.75) is 130 Å². The maximum absolute atomic E-state index is 15.6. The van der Waals surface area contributed by atoms with Gasteiger partial charge in [-0.05, 0) is 67.9 Å². The van der Waals surface area contributed by atoms with E-state index in [1.165, 1.54) is 4.90 Å². The van der Waals surface area contributed by atoms with E-state index in [0.29, 0.717) is 32.7 Å². The first-order chi connectivity index (χ1) is 27.6. The van der Waals surface area contributed by atoms with Crippen LogP contribution in [0.15, 0.2) is 54.6 Å². The number of urea groups is 1. The van der Waals surface area contributed by atoms with Crippen molar-refractivity contribution in [1.29, 1.82) is 0 Å². The molecule has 14 heteroatoms. The van der Waals surface area contributed by atoms with Crippen LogP contribution in [-0.2, 0) is 34.7 Å². The molecule has 3 rings (SSSR count). The highest BCUT2D eigenvalue weighted by molar-refractivity contribution is 6.74. The van der Waals surface area contributed by atoms with Crippen LogP contribution in [0.4, 0.5) is 9.59 Å². The van der Waals surface area contributed by atoms with E-state index in [1.807, 2.05) is 61.5 Å². The van der Waals surface area contributed by atoms with Gasteiger partial charge in [0.1, 0.15) is 17.2 Å². The summed E-state index contributed by atoms with van der Waals surface area (Å²) in [6, 6.07) is 15.7. The molecule has 59 heavy (non-hydrogen) atoms. The summed E-state index contributed by atoms with van der Waals surface area (Å²) < 4.78 is 17.9. The van der Waals surface area contributed by atoms with Crippen LogP contribution in [-0.4, -0.2) is 99.7 Å². The molecule has 1 fully saturated rings. The summed E-state index contributed by atoms with van der Waals surface area (Å²) in [5, 5.41) is 11.4. The van der Waals surface area contributed by atoms with E-state index in [4.69, 9.17) is 13.9 Å². The van der Waals surface area contributed by atoms with Crippen molar-refractivity contribution < 1.29 is 37.9 Å². The van der Waals surface area contributed by atoms with E-state index in [0.717, 1.165) is 29.5 Å². The van der Waals surface area contributed by atoms with Crippen LogP contribution in [0, 0.1) is 11.8 Å². The Morgan fingerprint density at radius 3 is 2.10 bits per heavy atom. The van der Waals surface area contributed by atoms with Gasteiger partial charge in [0.15, 0.2) is 8.32 Å². The first-order valence-electron chi connectivity index (χ1n) is 21.1. The molecule has 0 spiro atoms. The highest BCUT2D eigenvalue weighted by Crippen LogP contribution is 2.38. The van der Waals surface area contributed by atoms with Crippen molar-refractivity contribution >= 4 is 38.2 Å². The van der Waals surface area contributed by atoms with Crippen molar-refractivity contribution in [2.24, 2.45) is 11.8 Å². The number of carbonyl (C=O) groups excluding carboxylic acids is 5. The second-order valence-electron chi connectivity index (χ2n) is 18.4. The van der Waals surface area contributed by atoms with Gasteiger partial charge >= 0.3 is 12.1 Å². The lowest BCUT2D eigenvalue weighted by molar-refractivity contribution is -0.139. The molecule has 6 amide bonds. The molecule has 3 unspecified atom stereocenters. The van der Waals surface area contributed by atoms with Crippen LogP contribution in [0.3, 0.4) is 0 Å².